The van der Waals surface area contributed by atoms with Gasteiger partial charge in [-0.25, -0.2) is 4.79 Å². The van der Waals surface area contributed by atoms with Crippen LogP contribution in [0.2, 0.25) is 0 Å². The van der Waals surface area contributed by atoms with Crippen LogP contribution in [0.5, 0.6) is 0 Å². The highest BCUT2D eigenvalue weighted by atomic mass is 16.6. The molecule has 132 valence electrons. The zero-order chi connectivity index (χ0) is 17.2. The molecule has 0 fully saturated rings. The van der Waals surface area contributed by atoms with Crippen molar-refractivity contribution in [2.75, 3.05) is 47.1 Å². The molecule has 0 saturated heterocycles. The Balaban J connectivity index is 4.60. The summed E-state index contributed by atoms with van der Waals surface area (Å²) in [6, 6.07) is 0.168. The van der Waals surface area contributed by atoms with Crippen molar-refractivity contribution in [3.63, 3.8) is 0 Å². The summed E-state index contributed by atoms with van der Waals surface area (Å²) in [4.78, 5) is 14.0. The van der Waals surface area contributed by atoms with Gasteiger partial charge in [-0.15, -0.1) is 0 Å². The van der Waals surface area contributed by atoms with Crippen molar-refractivity contribution >= 4 is 6.09 Å². The van der Waals surface area contributed by atoms with E-state index in [1.807, 2.05) is 20.8 Å². The fraction of sp³-hybridized carbons (Fsp3) is 0.933. The Morgan fingerprint density at radius 2 is 1.91 bits per heavy atom. The van der Waals surface area contributed by atoms with Crippen LogP contribution in [0.3, 0.4) is 0 Å². The maximum Gasteiger partial charge on any atom is 0.407 e. The molecule has 7 heteroatoms. The van der Waals surface area contributed by atoms with Crippen LogP contribution in [-0.4, -0.2) is 75.7 Å². The highest BCUT2D eigenvalue weighted by molar-refractivity contribution is 5.67. The monoisotopic (exact) mass is 319 g/mol. The average Bonchev–Trinajstić information content (AvgIpc) is 2.40. The molecule has 0 aromatic heterocycles. The molecule has 1 amide bonds. The SMILES string of the molecule is COCCN(C(C)COC)C(CN)CNC(=O)OC(C)(C)C. The lowest BCUT2D eigenvalue weighted by Gasteiger charge is -2.35. The third-order valence-electron chi connectivity index (χ3n) is 3.15. The quantitative estimate of drug-likeness (QED) is 0.620. The molecule has 2 unspecified atom stereocenters. The number of carbonyl (C=O) groups is 1. The lowest BCUT2D eigenvalue weighted by atomic mass is 10.1. The van der Waals surface area contributed by atoms with E-state index in [4.69, 9.17) is 19.9 Å². The Bertz CT molecular complexity index is 308. The van der Waals surface area contributed by atoms with Crippen molar-refractivity contribution in [2.24, 2.45) is 5.73 Å². The summed E-state index contributed by atoms with van der Waals surface area (Å²) in [6.07, 6.45) is -0.433. The molecule has 0 heterocycles. The lowest BCUT2D eigenvalue weighted by molar-refractivity contribution is 0.0389. The fourth-order valence-corrected chi connectivity index (χ4v) is 2.15. The van der Waals surface area contributed by atoms with E-state index in [0.29, 0.717) is 26.3 Å². The molecule has 0 bridgehead atoms. The van der Waals surface area contributed by atoms with E-state index >= 15 is 0 Å². The van der Waals surface area contributed by atoms with E-state index in [-0.39, 0.29) is 12.1 Å². The minimum absolute atomic E-state index is 0.00665. The van der Waals surface area contributed by atoms with Gasteiger partial charge in [0.25, 0.3) is 0 Å². The van der Waals surface area contributed by atoms with E-state index < -0.39 is 11.7 Å². The lowest BCUT2D eigenvalue weighted by Crippen LogP contribution is -2.53. The number of nitrogens with two attached hydrogens (primary N) is 1. The van der Waals surface area contributed by atoms with Gasteiger partial charge in [0.05, 0.1) is 13.2 Å². The number of ether oxygens (including phenoxy) is 3. The zero-order valence-electron chi connectivity index (χ0n) is 14.8. The number of hydrogen-bond donors (Lipinski definition) is 2. The van der Waals surface area contributed by atoms with Gasteiger partial charge in [-0.2, -0.15) is 0 Å². The minimum Gasteiger partial charge on any atom is -0.444 e. The van der Waals surface area contributed by atoms with Crippen molar-refractivity contribution in [3.05, 3.63) is 0 Å². The fourth-order valence-electron chi connectivity index (χ4n) is 2.15. The van der Waals surface area contributed by atoms with Gasteiger partial charge >= 0.3 is 6.09 Å². The molecule has 0 aromatic rings. The van der Waals surface area contributed by atoms with Crippen LogP contribution in [0.1, 0.15) is 27.7 Å². The van der Waals surface area contributed by atoms with Crippen molar-refractivity contribution in [1.29, 1.82) is 0 Å². The van der Waals surface area contributed by atoms with Crippen LogP contribution in [-0.2, 0) is 14.2 Å². The first-order valence-corrected chi connectivity index (χ1v) is 7.65. The van der Waals surface area contributed by atoms with E-state index in [1.165, 1.54) is 0 Å². The van der Waals surface area contributed by atoms with Crippen LogP contribution < -0.4 is 11.1 Å². The molecule has 0 aromatic carbocycles. The Hall–Kier alpha value is -0.890. The van der Waals surface area contributed by atoms with Gasteiger partial charge in [0.1, 0.15) is 5.60 Å². The van der Waals surface area contributed by atoms with Gasteiger partial charge in [0, 0.05) is 45.9 Å². The third kappa shape index (κ3) is 9.19. The summed E-state index contributed by atoms with van der Waals surface area (Å²) in [7, 11) is 3.33. The predicted molar refractivity (Wildman–Crippen MR) is 87.0 cm³/mol. The molecule has 0 spiro atoms. The molecule has 0 aliphatic carbocycles. The molecule has 0 saturated carbocycles. The van der Waals surface area contributed by atoms with Crippen LogP contribution in [0.25, 0.3) is 0 Å². The second-order valence-electron chi connectivity index (χ2n) is 6.31. The number of rotatable bonds is 10. The summed E-state index contributed by atoms with van der Waals surface area (Å²) in [5.41, 5.74) is 5.36. The average molecular weight is 319 g/mol. The normalized spacial score (nSPS) is 14.7. The topological polar surface area (TPSA) is 86.0 Å². The van der Waals surface area contributed by atoms with Crippen LogP contribution in [0.15, 0.2) is 0 Å². The standard InChI is InChI=1S/C15H33N3O4/c1-12(11-21-6)18(7-8-20-5)13(9-16)10-17-14(19)22-15(2,3)4/h12-13H,7-11,16H2,1-6H3,(H,17,19). The zero-order valence-corrected chi connectivity index (χ0v) is 14.8. The number of methoxy groups -OCH3 is 2. The second kappa shape index (κ2) is 10.8. The Labute approximate surface area is 134 Å². The van der Waals surface area contributed by atoms with Gasteiger partial charge < -0.3 is 25.3 Å². The number of hydrogen-bond acceptors (Lipinski definition) is 6. The van der Waals surface area contributed by atoms with Crippen LogP contribution >= 0.6 is 0 Å². The number of alkyl carbamates (subject to hydrolysis) is 1. The van der Waals surface area contributed by atoms with Crippen molar-refractivity contribution in [3.8, 4) is 0 Å². The third-order valence-corrected chi connectivity index (χ3v) is 3.15. The number of nitrogens with one attached hydrogen (secondary N) is 1. The molecule has 0 radical (unpaired) electrons. The first kappa shape index (κ1) is 21.1. The molecule has 0 rings (SSSR count). The summed E-state index contributed by atoms with van der Waals surface area (Å²) in [5.74, 6) is 0. The van der Waals surface area contributed by atoms with E-state index in [0.717, 1.165) is 6.54 Å². The highest BCUT2D eigenvalue weighted by Crippen LogP contribution is 2.08. The molecular formula is C15H33N3O4. The van der Waals surface area contributed by atoms with Gasteiger partial charge in [0.15, 0.2) is 0 Å². The van der Waals surface area contributed by atoms with Gasteiger partial charge in [-0.05, 0) is 27.7 Å². The first-order valence-electron chi connectivity index (χ1n) is 7.65. The van der Waals surface area contributed by atoms with Gasteiger partial charge in [-0.1, -0.05) is 0 Å². The molecular weight excluding hydrogens is 286 g/mol. The van der Waals surface area contributed by atoms with Gasteiger partial charge in [0.2, 0.25) is 0 Å². The Morgan fingerprint density at radius 3 is 2.36 bits per heavy atom. The second-order valence-corrected chi connectivity index (χ2v) is 6.31. The first-order chi connectivity index (χ1) is 10.2. The van der Waals surface area contributed by atoms with Crippen molar-refractivity contribution < 1.29 is 19.0 Å². The predicted octanol–water partition coefficient (Wildman–Crippen LogP) is 0.822. The highest BCUT2D eigenvalue weighted by Gasteiger charge is 2.24. The van der Waals surface area contributed by atoms with Crippen molar-refractivity contribution in [1.82, 2.24) is 10.2 Å². The summed E-state index contributed by atoms with van der Waals surface area (Å²) in [5, 5.41) is 2.78. The molecule has 7 nitrogen and oxygen atoms in total. The van der Waals surface area contributed by atoms with E-state index in [2.05, 4.69) is 17.1 Å². The Kier molecular flexibility index (Phi) is 10.3. The maximum atomic E-state index is 11.8. The summed E-state index contributed by atoms with van der Waals surface area (Å²) in [6.45, 7) is 10.3. The smallest absolute Gasteiger partial charge is 0.407 e. The number of amides is 1. The molecule has 0 aliphatic rings. The molecule has 22 heavy (non-hydrogen) atoms. The van der Waals surface area contributed by atoms with Crippen molar-refractivity contribution in [2.45, 2.75) is 45.4 Å². The van der Waals surface area contributed by atoms with E-state index in [1.54, 1.807) is 14.2 Å². The largest absolute Gasteiger partial charge is 0.444 e. The molecule has 0 aliphatic heterocycles. The number of carbonyl (C=O) groups excluding carboxylic acids is 1. The summed E-state index contributed by atoms with van der Waals surface area (Å²) < 4.78 is 15.6. The Morgan fingerprint density at radius 1 is 1.27 bits per heavy atom. The van der Waals surface area contributed by atoms with Crippen LogP contribution in [0, 0.1) is 0 Å². The maximum absolute atomic E-state index is 11.8. The summed E-state index contributed by atoms with van der Waals surface area (Å²) >= 11 is 0. The molecule has 2 atom stereocenters. The van der Waals surface area contributed by atoms with Gasteiger partial charge in [-0.3, -0.25) is 4.90 Å². The number of nitrogens with zero attached hydrogens (tertiary/aromatic N) is 1. The van der Waals surface area contributed by atoms with E-state index in [9.17, 15) is 4.79 Å². The van der Waals surface area contributed by atoms with Crippen LogP contribution in [0.4, 0.5) is 4.79 Å². The minimum atomic E-state index is -0.513. The molecule has 3 N–H and O–H groups in total.